The molecule has 0 bridgehead atoms. The van der Waals surface area contributed by atoms with Crippen molar-refractivity contribution in [3.63, 3.8) is 0 Å². The summed E-state index contributed by atoms with van der Waals surface area (Å²) in [7, 11) is 0. The van der Waals surface area contributed by atoms with Gasteiger partial charge in [-0.1, -0.05) is 49.7 Å². The largest absolute Gasteiger partial charge is 0.436 e. The highest BCUT2D eigenvalue weighted by molar-refractivity contribution is 6.34. The highest BCUT2D eigenvalue weighted by atomic mass is 35.5. The number of oxazole rings is 1. The van der Waals surface area contributed by atoms with Crippen LogP contribution in [-0.2, 0) is 0 Å². The zero-order valence-electron chi connectivity index (χ0n) is 16.3. The van der Waals surface area contributed by atoms with Crippen molar-refractivity contribution in [2.75, 3.05) is 5.32 Å². The zero-order valence-corrected chi connectivity index (χ0v) is 17.0. The molecule has 4 aromatic rings. The fraction of sp³-hybridized carbons (Fsp3) is 0.167. The predicted octanol–water partition coefficient (Wildman–Crippen LogP) is 6.91. The molecule has 4 rings (SSSR count). The Morgan fingerprint density at radius 1 is 1.10 bits per heavy atom. The van der Waals surface area contributed by atoms with Crippen molar-refractivity contribution >= 4 is 34.3 Å². The Hall–Kier alpha value is -3.11. The maximum Gasteiger partial charge on any atom is 0.257 e. The van der Waals surface area contributed by atoms with E-state index in [4.69, 9.17) is 16.0 Å². The van der Waals surface area contributed by atoms with E-state index in [1.165, 1.54) is 5.56 Å². The van der Waals surface area contributed by atoms with Crippen molar-refractivity contribution in [1.82, 2.24) is 4.98 Å². The minimum absolute atomic E-state index is 0.261. The van der Waals surface area contributed by atoms with E-state index in [2.05, 4.69) is 36.3 Å². The highest BCUT2D eigenvalue weighted by Crippen LogP contribution is 2.29. The molecule has 1 N–H and O–H groups in total. The molecule has 146 valence electrons. The van der Waals surface area contributed by atoms with E-state index in [1.54, 1.807) is 24.3 Å². The number of rotatable bonds is 5. The number of halogens is 1. The number of aromatic nitrogens is 1. The molecule has 29 heavy (non-hydrogen) atoms. The third-order valence-electron chi connectivity index (χ3n) is 5.08. The van der Waals surface area contributed by atoms with Gasteiger partial charge >= 0.3 is 0 Å². The normalized spacial score (nSPS) is 12.1. The first-order valence-electron chi connectivity index (χ1n) is 9.62. The van der Waals surface area contributed by atoms with Crippen molar-refractivity contribution in [1.29, 1.82) is 0 Å². The fourth-order valence-electron chi connectivity index (χ4n) is 3.18. The van der Waals surface area contributed by atoms with E-state index in [1.807, 2.05) is 30.3 Å². The minimum atomic E-state index is -0.261. The molecule has 0 saturated heterocycles. The SMILES string of the molecule is CC[C@H](C)c1ccc2oc(-c3cccc(NC(=O)c4ccccc4Cl)c3)nc2c1. The number of benzene rings is 3. The lowest BCUT2D eigenvalue weighted by Gasteiger charge is -2.07. The van der Waals surface area contributed by atoms with E-state index in [0.717, 1.165) is 23.1 Å². The van der Waals surface area contributed by atoms with Crippen LogP contribution in [0.5, 0.6) is 0 Å². The van der Waals surface area contributed by atoms with Gasteiger partial charge in [0.2, 0.25) is 5.89 Å². The zero-order chi connectivity index (χ0) is 20.4. The second-order valence-corrected chi connectivity index (χ2v) is 7.48. The van der Waals surface area contributed by atoms with E-state index < -0.39 is 0 Å². The smallest absolute Gasteiger partial charge is 0.257 e. The number of carbonyl (C=O) groups excluding carboxylic acids is 1. The van der Waals surface area contributed by atoms with Crippen molar-refractivity contribution in [3.05, 3.63) is 82.9 Å². The number of fused-ring (bicyclic) bond motifs is 1. The number of amides is 1. The van der Waals surface area contributed by atoms with E-state index in [-0.39, 0.29) is 5.91 Å². The summed E-state index contributed by atoms with van der Waals surface area (Å²) in [4.78, 5) is 17.2. The first-order chi connectivity index (χ1) is 14.0. The molecule has 0 spiro atoms. The van der Waals surface area contributed by atoms with Gasteiger partial charge in [-0.15, -0.1) is 0 Å². The Morgan fingerprint density at radius 2 is 1.93 bits per heavy atom. The van der Waals surface area contributed by atoms with Gasteiger partial charge in [0.05, 0.1) is 10.6 Å². The predicted molar refractivity (Wildman–Crippen MR) is 118 cm³/mol. The number of nitrogens with one attached hydrogen (secondary N) is 1. The summed E-state index contributed by atoms with van der Waals surface area (Å²) in [5.41, 5.74) is 4.71. The summed E-state index contributed by atoms with van der Waals surface area (Å²) in [5.74, 6) is 0.738. The van der Waals surface area contributed by atoms with Gasteiger partial charge in [0.25, 0.3) is 5.91 Å². The van der Waals surface area contributed by atoms with Crippen molar-refractivity contribution < 1.29 is 9.21 Å². The first-order valence-corrected chi connectivity index (χ1v) is 9.99. The topological polar surface area (TPSA) is 55.1 Å². The Balaban J connectivity index is 1.61. The van der Waals surface area contributed by atoms with Crippen LogP contribution in [0, 0.1) is 0 Å². The van der Waals surface area contributed by atoms with Crippen LogP contribution >= 0.6 is 11.6 Å². The number of hydrogen-bond acceptors (Lipinski definition) is 3. The number of anilines is 1. The molecule has 0 aliphatic heterocycles. The molecule has 1 aromatic heterocycles. The molecule has 5 heteroatoms. The average Bonchev–Trinajstić information content (AvgIpc) is 3.17. The summed E-state index contributed by atoms with van der Waals surface area (Å²) < 4.78 is 5.94. The lowest BCUT2D eigenvalue weighted by molar-refractivity contribution is 0.102. The molecule has 0 saturated carbocycles. The van der Waals surface area contributed by atoms with Gasteiger partial charge in [0.15, 0.2) is 5.58 Å². The van der Waals surface area contributed by atoms with Crippen LogP contribution in [0.2, 0.25) is 5.02 Å². The minimum Gasteiger partial charge on any atom is -0.436 e. The Morgan fingerprint density at radius 3 is 2.72 bits per heavy atom. The molecule has 0 aliphatic carbocycles. The third kappa shape index (κ3) is 4.03. The summed E-state index contributed by atoms with van der Waals surface area (Å²) in [6, 6.07) is 20.5. The molecule has 0 fully saturated rings. The summed E-state index contributed by atoms with van der Waals surface area (Å²) in [5, 5.41) is 3.30. The maximum absolute atomic E-state index is 12.5. The van der Waals surface area contributed by atoms with Gasteiger partial charge in [-0.3, -0.25) is 4.79 Å². The lowest BCUT2D eigenvalue weighted by Crippen LogP contribution is -2.12. The number of nitrogens with zero attached hydrogens (tertiary/aromatic N) is 1. The van der Waals surface area contributed by atoms with Crippen molar-refractivity contribution in [2.45, 2.75) is 26.2 Å². The van der Waals surface area contributed by atoms with Gasteiger partial charge in [0, 0.05) is 11.3 Å². The molecule has 3 aromatic carbocycles. The first kappa shape index (κ1) is 19.2. The molecular weight excluding hydrogens is 384 g/mol. The maximum atomic E-state index is 12.5. The van der Waals surface area contributed by atoms with Crippen LogP contribution in [0.25, 0.3) is 22.6 Å². The van der Waals surface area contributed by atoms with E-state index in [9.17, 15) is 4.79 Å². The van der Waals surface area contributed by atoms with Crippen LogP contribution < -0.4 is 5.32 Å². The molecule has 0 aliphatic rings. The quantitative estimate of drug-likeness (QED) is 0.393. The number of carbonyl (C=O) groups is 1. The summed E-state index contributed by atoms with van der Waals surface area (Å²) >= 11 is 6.12. The van der Waals surface area contributed by atoms with Crippen LogP contribution in [-0.4, -0.2) is 10.9 Å². The monoisotopic (exact) mass is 404 g/mol. The Bertz CT molecular complexity index is 1180. The van der Waals surface area contributed by atoms with E-state index in [0.29, 0.717) is 28.1 Å². The second-order valence-electron chi connectivity index (χ2n) is 7.07. The summed E-state index contributed by atoms with van der Waals surface area (Å²) in [6.07, 6.45) is 1.07. The molecular formula is C24H21ClN2O2. The second kappa shape index (κ2) is 8.10. The molecule has 1 heterocycles. The van der Waals surface area contributed by atoms with Gasteiger partial charge in [-0.2, -0.15) is 0 Å². The average molecular weight is 405 g/mol. The van der Waals surface area contributed by atoms with Gasteiger partial charge in [-0.05, 0) is 60.4 Å². The van der Waals surface area contributed by atoms with Gasteiger partial charge in [-0.25, -0.2) is 4.98 Å². The Kier molecular flexibility index (Phi) is 5.36. The molecule has 0 unspecified atom stereocenters. The van der Waals surface area contributed by atoms with Crippen LogP contribution in [0.3, 0.4) is 0 Å². The van der Waals surface area contributed by atoms with E-state index >= 15 is 0 Å². The molecule has 0 radical (unpaired) electrons. The Labute approximate surface area is 174 Å². The lowest BCUT2D eigenvalue weighted by atomic mass is 9.98. The molecule has 4 nitrogen and oxygen atoms in total. The van der Waals surface area contributed by atoms with Crippen LogP contribution in [0.15, 0.2) is 71.1 Å². The van der Waals surface area contributed by atoms with Gasteiger partial charge in [0.1, 0.15) is 5.52 Å². The van der Waals surface area contributed by atoms with Crippen LogP contribution in [0.4, 0.5) is 5.69 Å². The molecule has 1 atom stereocenters. The summed E-state index contributed by atoms with van der Waals surface area (Å²) in [6.45, 7) is 4.37. The number of hydrogen-bond donors (Lipinski definition) is 1. The highest BCUT2D eigenvalue weighted by Gasteiger charge is 2.13. The van der Waals surface area contributed by atoms with Gasteiger partial charge < -0.3 is 9.73 Å². The van der Waals surface area contributed by atoms with Crippen molar-refractivity contribution in [2.24, 2.45) is 0 Å². The molecule has 1 amide bonds. The third-order valence-corrected chi connectivity index (χ3v) is 5.41. The van der Waals surface area contributed by atoms with Crippen LogP contribution in [0.1, 0.15) is 42.1 Å². The fourth-order valence-corrected chi connectivity index (χ4v) is 3.41. The standard InChI is InChI=1S/C24H21ClN2O2/c1-3-15(2)16-11-12-22-21(14-16)27-24(29-22)17-7-6-8-18(13-17)26-23(28)19-9-4-5-10-20(19)25/h4-15H,3H2,1-2H3,(H,26,28)/t15-/m0/s1. The van der Waals surface area contributed by atoms with Crippen molar-refractivity contribution in [3.8, 4) is 11.5 Å².